The van der Waals surface area contributed by atoms with Gasteiger partial charge in [0, 0.05) is 60.7 Å². The van der Waals surface area contributed by atoms with Crippen molar-refractivity contribution in [2.24, 2.45) is 10.8 Å². The number of piperidine rings is 2. The number of ether oxygens (including phenoxy) is 2. The average Bonchev–Trinajstić information content (AvgIpc) is 4.08. The zero-order chi connectivity index (χ0) is 43.8. The van der Waals surface area contributed by atoms with Crippen molar-refractivity contribution in [2.75, 3.05) is 39.5 Å². The first-order valence-corrected chi connectivity index (χ1v) is 23.6. The molecule has 0 saturated carbocycles. The lowest BCUT2D eigenvalue weighted by atomic mass is 9.79. The molecule has 13 nitrogen and oxygen atoms in total. The maximum atomic E-state index is 13.6. The molecule has 62 heavy (non-hydrogen) atoms. The van der Waals surface area contributed by atoms with Crippen LogP contribution in [0.5, 0.6) is 0 Å². The van der Waals surface area contributed by atoms with Crippen LogP contribution in [0.3, 0.4) is 0 Å². The minimum Gasteiger partial charge on any atom is -0.481 e. The smallest absolute Gasteiger partial charge is 0.309 e. The molecule has 4 aromatic rings. The minimum atomic E-state index is -0.707. The normalized spacial score (nSPS) is 23.0. The van der Waals surface area contributed by atoms with Crippen LogP contribution in [0.15, 0.2) is 36.4 Å². The zero-order valence-electron chi connectivity index (χ0n) is 35.5. The summed E-state index contributed by atoms with van der Waals surface area (Å²) in [6, 6.07) is 11.9. The van der Waals surface area contributed by atoms with Crippen molar-refractivity contribution in [3.63, 3.8) is 0 Å². The van der Waals surface area contributed by atoms with E-state index in [-0.39, 0.29) is 25.1 Å². The van der Waals surface area contributed by atoms with E-state index in [1.165, 1.54) is 9.75 Å². The Labute approximate surface area is 383 Å². The number of carboxylic acids is 1. The number of carboxylic acid groups (broad SMARTS) is 1. The maximum absolute atomic E-state index is 13.6. The number of thiophene rings is 2. The molecule has 8 heterocycles. The monoisotopic (exact) mass is 932 g/mol. The highest BCUT2D eigenvalue weighted by molar-refractivity contribution is 7.16. The molecular formula is C45H62Cl2N6O7S2. The fraction of sp³-hybridized carbons (Fsp3) is 0.600. The van der Waals surface area contributed by atoms with Gasteiger partial charge in [-0.15, -0.1) is 22.7 Å². The first-order valence-electron chi connectivity index (χ1n) is 21.2. The summed E-state index contributed by atoms with van der Waals surface area (Å²) in [5.74, 6) is -0.636. The Balaban J connectivity index is 0.000000196. The topological polar surface area (TPSA) is 178 Å². The fourth-order valence-corrected chi connectivity index (χ4v) is 10.2. The lowest BCUT2D eigenvalue weighted by Gasteiger charge is -2.32. The summed E-state index contributed by atoms with van der Waals surface area (Å²) in [4.78, 5) is 51.4. The van der Waals surface area contributed by atoms with Crippen LogP contribution < -0.4 is 10.6 Å². The van der Waals surface area contributed by atoms with Gasteiger partial charge >= 0.3 is 5.97 Å². The third kappa shape index (κ3) is 11.7. The number of aromatic amines is 1. The Morgan fingerprint density at radius 2 is 1.23 bits per heavy atom. The Morgan fingerprint density at radius 1 is 0.726 bits per heavy atom. The van der Waals surface area contributed by atoms with Crippen LogP contribution in [0.4, 0.5) is 0 Å². The van der Waals surface area contributed by atoms with Crippen molar-refractivity contribution in [3.8, 4) is 0 Å². The summed E-state index contributed by atoms with van der Waals surface area (Å²) >= 11 is 15.2. The second-order valence-electron chi connectivity index (χ2n) is 17.5. The molecule has 0 radical (unpaired) electrons. The number of rotatable bonds is 10. The van der Waals surface area contributed by atoms with E-state index in [1.807, 2.05) is 51.1 Å². The maximum Gasteiger partial charge on any atom is 0.309 e. The summed E-state index contributed by atoms with van der Waals surface area (Å²) < 4.78 is 13.7. The summed E-state index contributed by atoms with van der Waals surface area (Å²) in [5, 5.41) is 26.8. The summed E-state index contributed by atoms with van der Waals surface area (Å²) in [6.45, 7) is 11.5. The van der Waals surface area contributed by atoms with E-state index in [9.17, 15) is 19.2 Å². The Morgan fingerprint density at radius 3 is 1.69 bits per heavy atom. The predicted octanol–water partition coefficient (Wildman–Crippen LogP) is 8.61. The molecule has 340 valence electrons. The molecule has 0 bridgehead atoms. The Hall–Kier alpha value is -3.60. The number of amides is 2. The highest BCUT2D eigenvalue weighted by atomic mass is 35.5. The molecule has 2 atom stereocenters. The second-order valence-corrected chi connectivity index (χ2v) is 21.1. The molecule has 4 fully saturated rings. The van der Waals surface area contributed by atoms with Gasteiger partial charge in [0.2, 0.25) is 11.8 Å². The average molecular weight is 934 g/mol. The lowest BCUT2D eigenvalue weighted by molar-refractivity contribution is -0.153. The number of H-pyrrole nitrogens is 1. The van der Waals surface area contributed by atoms with Gasteiger partial charge in [-0.05, 0) is 134 Å². The van der Waals surface area contributed by atoms with Crippen molar-refractivity contribution in [2.45, 2.75) is 123 Å². The van der Waals surface area contributed by atoms with Gasteiger partial charge in [0.15, 0.2) is 0 Å². The van der Waals surface area contributed by atoms with Crippen molar-refractivity contribution < 1.29 is 33.8 Å². The molecule has 4 saturated heterocycles. The molecule has 4 N–H and O–H groups in total. The van der Waals surface area contributed by atoms with Gasteiger partial charge in [-0.2, -0.15) is 10.2 Å². The quantitative estimate of drug-likeness (QED) is 0.121. The third-order valence-electron chi connectivity index (χ3n) is 12.8. The molecule has 4 aromatic heterocycles. The van der Waals surface area contributed by atoms with Gasteiger partial charge in [0.05, 0.1) is 41.7 Å². The third-order valence-corrected chi connectivity index (χ3v) is 15.4. The van der Waals surface area contributed by atoms with Crippen molar-refractivity contribution in [1.82, 2.24) is 30.6 Å². The largest absolute Gasteiger partial charge is 0.481 e. The number of nitrogens with one attached hydrogen (secondary N) is 3. The van der Waals surface area contributed by atoms with Gasteiger partial charge in [-0.3, -0.25) is 24.3 Å². The molecule has 2 amide bonds. The van der Waals surface area contributed by atoms with E-state index in [1.54, 1.807) is 34.3 Å². The number of carbonyl (C=O) groups is 4. The Bertz CT molecular complexity index is 2150. The van der Waals surface area contributed by atoms with Crippen LogP contribution in [0.1, 0.15) is 124 Å². The number of halogens is 2. The number of aliphatic carboxylic acids is 1. The number of aryl methyl sites for hydroxylation is 4. The van der Waals surface area contributed by atoms with Crippen molar-refractivity contribution >= 4 is 69.6 Å². The number of nitrogens with zero attached hydrogens (tertiary/aromatic N) is 3. The number of hydrogen-bond donors (Lipinski definition) is 4. The van der Waals surface area contributed by atoms with Crippen LogP contribution in [0, 0.1) is 10.8 Å². The van der Waals surface area contributed by atoms with E-state index in [0.29, 0.717) is 70.8 Å². The number of aromatic nitrogens is 4. The van der Waals surface area contributed by atoms with Gasteiger partial charge in [-0.25, -0.2) is 4.68 Å². The van der Waals surface area contributed by atoms with Gasteiger partial charge in [0.1, 0.15) is 0 Å². The highest BCUT2D eigenvalue weighted by Gasteiger charge is 2.43. The predicted molar refractivity (Wildman–Crippen MR) is 245 cm³/mol. The molecule has 0 spiro atoms. The highest BCUT2D eigenvalue weighted by Crippen LogP contribution is 2.36. The fourth-order valence-electron chi connectivity index (χ4n) is 8.02. The van der Waals surface area contributed by atoms with Gasteiger partial charge in [0.25, 0.3) is 5.91 Å². The van der Waals surface area contributed by atoms with Crippen LogP contribution in [-0.2, 0) is 60.4 Å². The summed E-state index contributed by atoms with van der Waals surface area (Å²) in [6.07, 6.45) is 9.38. The van der Waals surface area contributed by atoms with Crippen molar-refractivity contribution in [1.29, 1.82) is 0 Å². The lowest BCUT2D eigenvalue weighted by Crippen LogP contribution is -2.47. The van der Waals surface area contributed by atoms with Crippen molar-refractivity contribution in [3.05, 3.63) is 77.6 Å². The molecular weight excluding hydrogens is 872 g/mol. The van der Waals surface area contributed by atoms with Crippen LogP contribution >= 0.6 is 45.9 Å². The first kappa shape index (κ1) is 49.4. The van der Waals surface area contributed by atoms with Crippen LogP contribution in [0.2, 0.25) is 8.67 Å². The Kier molecular flexibility index (Phi) is 17.0. The second kappa shape index (κ2) is 21.4. The summed E-state index contributed by atoms with van der Waals surface area (Å²) in [7, 11) is 0. The first-order chi connectivity index (χ1) is 29.0. The standard InChI is InChI=1S/C22H28ClN3O3S.C15H18ClN3OS.C7H12O3.CH4/c1-21(9-12-29-13-10-21)20(28)26-15(4-5-16-6-7-18(23)30-16)14-17(25-26)22(2)8-3-11-24-19(22)27;1-15(7-2-8-17-14(15)20)12-9-10(18-19-12)3-4-11-5-6-13(16)21-11;1-7(6(8)9)2-4-10-5-3-7;/h6-7,14H,3-5,8-13H2,1-2H3,(H,24,27);5-6,9H,2-4,7-8H2,1H3,(H,17,20)(H,18,19);2-5H2,1H3,(H,8,9);1H4. The molecule has 0 aromatic carbocycles. The molecule has 2 unspecified atom stereocenters. The SMILES string of the molecule is C.CC1(C(=O)O)CCOCC1.CC1(C(=O)n2nc(C3(C)CCCNC3=O)cc2CCc2ccc(Cl)s2)CCOCC1.CC1(c2cc(CCc3ccc(Cl)s3)[nH]n2)CCCNC1=O. The number of carbonyl (C=O) groups excluding carboxylic acids is 3. The minimum absolute atomic E-state index is 0. The summed E-state index contributed by atoms with van der Waals surface area (Å²) in [5.41, 5.74) is 1.21. The van der Waals surface area contributed by atoms with Gasteiger partial charge < -0.3 is 25.2 Å². The molecule has 8 rings (SSSR count). The van der Waals surface area contributed by atoms with Crippen LogP contribution in [0.25, 0.3) is 0 Å². The molecule has 4 aliphatic rings. The van der Waals surface area contributed by atoms with E-state index < -0.39 is 27.6 Å². The van der Waals surface area contributed by atoms with Crippen LogP contribution in [-0.4, -0.2) is 88.3 Å². The number of hydrogen-bond acceptors (Lipinski definition) is 10. The van der Waals surface area contributed by atoms with E-state index >= 15 is 0 Å². The molecule has 0 aliphatic carbocycles. The van der Waals surface area contributed by atoms with Gasteiger partial charge in [-0.1, -0.05) is 37.6 Å². The molecule has 4 aliphatic heterocycles. The zero-order valence-corrected chi connectivity index (χ0v) is 38.6. The van der Waals surface area contributed by atoms with E-state index in [4.69, 9.17) is 42.9 Å². The molecule has 17 heteroatoms. The van der Waals surface area contributed by atoms with E-state index in [0.717, 1.165) is 77.2 Å². The van der Waals surface area contributed by atoms with E-state index in [2.05, 4.69) is 26.9 Å².